The maximum absolute atomic E-state index is 5.72. The molecule has 0 saturated carbocycles. The predicted molar refractivity (Wildman–Crippen MR) is 106 cm³/mol. The van der Waals surface area contributed by atoms with Crippen LogP contribution in [0.5, 0.6) is 0 Å². The van der Waals surface area contributed by atoms with E-state index in [-0.39, 0.29) is 5.95 Å². The van der Waals surface area contributed by atoms with Crippen LogP contribution in [-0.4, -0.2) is 25.1 Å². The second-order valence-electron chi connectivity index (χ2n) is 6.25. The van der Waals surface area contributed by atoms with E-state index in [0.717, 1.165) is 38.9 Å². The zero-order valence-corrected chi connectivity index (χ0v) is 14.6. The smallest absolute Gasteiger partial charge is 0.220 e. The number of fused-ring (bicyclic) bond motifs is 1. The van der Waals surface area contributed by atoms with E-state index >= 15 is 0 Å². The van der Waals surface area contributed by atoms with E-state index in [9.17, 15) is 0 Å². The number of hydrogen-bond acceptors (Lipinski definition) is 7. The van der Waals surface area contributed by atoms with Crippen LogP contribution in [0.25, 0.3) is 44.6 Å². The topological polar surface area (TPSA) is 104 Å². The van der Waals surface area contributed by atoms with Crippen LogP contribution in [0.4, 0.5) is 5.95 Å². The van der Waals surface area contributed by atoms with Crippen molar-refractivity contribution in [2.45, 2.75) is 0 Å². The highest BCUT2D eigenvalue weighted by molar-refractivity contribution is 5.94. The summed E-state index contributed by atoms with van der Waals surface area (Å²) in [6, 6.07) is 15.7. The molecule has 0 aliphatic rings. The summed E-state index contributed by atoms with van der Waals surface area (Å²) in [7, 11) is 0. The molecule has 0 saturated heterocycles. The van der Waals surface area contributed by atoms with Crippen LogP contribution in [0, 0.1) is 0 Å². The number of aromatic nitrogens is 5. The second kappa shape index (κ2) is 6.55. The van der Waals surface area contributed by atoms with Crippen LogP contribution >= 0.6 is 0 Å². The van der Waals surface area contributed by atoms with Crippen LogP contribution in [0.15, 0.2) is 78.0 Å². The summed E-state index contributed by atoms with van der Waals surface area (Å²) in [6.07, 6.45) is 6.71. The maximum Gasteiger partial charge on any atom is 0.220 e. The van der Waals surface area contributed by atoms with Crippen LogP contribution in [0.1, 0.15) is 0 Å². The molecule has 3 heterocycles. The Balaban J connectivity index is 1.63. The summed E-state index contributed by atoms with van der Waals surface area (Å²) in [6.45, 7) is 0. The number of nitrogens with zero attached hydrogens (tertiary/aromatic N) is 5. The van der Waals surface area contributed by atoms with Gasteiger partial charge in [0.15, 0.2) is 5.76 Å². The molecule has 0 unspecified atom stereocenters. The number of nitrogens with two attached hydrogens (primary N) is 1. The van der Waals surface area contributed by atoms with Gasteiger partial charge in [0.2, 0.25) is 5.95 Å². The Kier molecular flexibility index (Phi) is 3.76. The summed E-state index contributed by atoms with van der Waals surface area (Å²) < 4.78 is 5.67. The van der Waals surface area contributed by atoms with Crippen molar-refractivity contribution < 1.29 is 4.52 Å². The van der Waals surface area contributed by atoms with Crippen molar-refractivity contribution in [1.82, 2.24) is 25.1 Å². The Hall–Kier alpha value is -4.13. The number of benzene rings is 2. The molecule has 3 aromatic heterocycles. The van der Waals surface area contributed by atoms with Crippen molar-refractivity contribution in [3.63, 3.8) is 0 Å². The third-order valence-electron chi connectivity index (χ3n) is 4.47. The number of nitrogen functional groups attached to an aromatic ring is 1. The van der Waals surface area contributed by atoms with Gasteiger partial charge in [0, 0.05) is 35.3 Å². The van der Waals surface area contributed by atoms with Crippen LogP contribution in [-0.2, 0) is 0 Å². The Morgan fingerprint density at radius 3 is 2.54 bits per heavy atom. The van der Waals surface area contributed by atoms with Gasteiger partial charge >= 0.3 is 0 Å². The SMILES string of the molecule is Nc1nccc(-c2ccc3noc(-c4cccc(-c5cncnc5)c4)c3c2)n1. The molecule has 7 heteroatoms. The van der Waals surface area contributed by atoms with Crippen LogP contribution in [0.3, 0.4) is 0 Å². The quantitative estimate of drug-likeness (QED) is 0.515. The average Bonchev–Trinajstić information content (AvgIpc) is 3.18. The molecule has 0 atom stereocenters. The maximum atomic E-state index is 5.72. The molecule has 134 valence electrons. The molecule has 28 heavy (non-hydrogen) atoms. The minimum atomic E-state index is 0.237. The first-order valence-corrected chi connectivity index (χ1v) is 8.62. The molecule has 0 radical (unpaired) electrons. The lowest BCUT2D eigenvalue weighted by Crippen LogP contribution is -1.95. The first-order chi connectivity index (χ1) is 13.8. The predicted octanol–water partition coefficient (Wildman–Crippen LogP) is 3.99. The highest BCUT2D eigenvalue weighted by Gasteiger charge is 2.13. The van der Waals surface area contributed by atoms with E-state index in [1.54, 1.807) is 18.6 Å². The van der Waals surface area contributed by atoms with E-state index in [0.29, 0.717) is 5.76 Å². The van der Waals surface area contributed by atoms with Crippen molar-refractivity contribution in [2.24, 2.45) is 0 Å². The average molecular weight is 366 g/mol. The first kappa shape index (κ1) is 16.1. The molecule has 7 nitrogen and oxygen atoms in total. The van der Waals surface area contributed by atoms with E-state index < -0.39 is 0 Å². The van der Waals surface area contributed by atoms with Gasteiger partial charge in [-0.2, -0.15) is 0 Å². The van der Waals surface area contributed by atoms with Gasteiger partial charge in [-0.3, -0.25) is 0 Å². The lowest BCUT2D eigenvalue weighted by Gasteiger charge is -2.04. The molecule has 0 fully saturated rings. The van der Waals surface area contributed by atoms with Gasteiger partial charge in [0.05, 0.1) is 11.1 Å². The molecule has 2 aromatic carbocycles. The highest BCUT2D eigenvalue weighted by atomic mass is 16.5. The first-order valence-electron chi connectivity index (χ1n) is 8.62. The van der Waals surface area contributed by atoms with Crippen LogP contribution in [0.2, 0.25) is 0 Å². The van der Waals surface area contributed by atoms with Crippen molar-refractivity contribution in [1.29, 1.82) is 0 Å². The number of rotatable bonds is 3. The monoisotopic (exact) mass is 366 g/mol. The molecule has 5 rings (SSSR count). The Bertz CT molecular complexity index is 1280. The number of anilines is 1. The molecule has 0 bridgehead atoms. The molecular weight excluding hydrogens is 352 g/mol. The minimum Gasteiger partial charge on any atom is -0.368 e. The fraction of sp³-hybridized carbons (Fsp3) is 0. The van der Waals surface area contributed by atoms with Crippen molar-refractivity contribution in [2.75, 3.05) is 5.73 Å². The van der Waals surface area contributed by atoms with Crippen molar-refractivity contribution in [3.8, 4) is 33.7 Å². The summed E-state index contributed by atoms with van der Waals surface area (Å²) >= 11 is 0. The summed E-state index contributed by atoms with van der Waals surface area (Å²) in [5.41, 5.74) is 11.0. The Morgan fingerprint density at radius 2 is 1.68 bits per heavy atom. The Morgan fingerprint density at radius 1 is 0.821 bits per heavy atom. The van der Waals surface area contributed by atoms with Gasteiger partial charge < -0.3 is 10.3 Å². The zero-order chi connectivity index (χ0) is 18.9. The lowest BCUT2D eigenvalue weighted by molar-refractivity contribution is 0.441. The van der Waals surface area contributed by atoms with Crippen LogP contribution < -0.4 is 5.73 Å². The zero-order valence-electron chi connectivity index (χ0n) is 14.6. The second-order valence-corrected chi connectivity index (χ2v) is 6.25. The van der Waals surface area contributed by atoms with Gasteiger partial charge in [-0.05, 0) is 29.8 Å². The van der Waals surface area contributed by atoms with Gasteiger partial charge in [-0.15, -0.1) is 0 Å². The largest absolute Gasteiger partial charge is 0.368 e. The fourth-order valence-electron chi connectivity index (χ4n) is 3.13. The third kappa shape index (κ3) is 2.84. The molecule has 2 N–H and O–H groups in total. The molecule has 0 aliphatic carbocycles. The summed E-state index contributed by atoms with van der Waals surface area (Å²) in [5, 5.41) is 5.09. The Labute approximate surface area is 159 Å². The minimum absolute atomic E-state index is 0.237. The molecule has 0 amide bonds. The molecule has 5 aromatic rings. The normalized spacial score (nSPS) is 11.0. The lowest BCUT2D eigenvalue weighted by atomic mass is 10.0. The van der Waals surface area contributed by atoms with Gasteiger partial charge in [-0.25, -0.2) is 19.9 Å². The fourth-order valence-corrected chi connectivity index (χ4v) is 3.13. The van der Waals surface area contributed by atoms with Crippen molar-refractivity contribution in [3.05, 3.63) is 73.4 Å². The molecular formula is C21H14N6O. The summed E-state index contributed by atoms with van der Waals surface area (Å²) in [4.78, 5) is 16.4. The van der Waals surface area contributed by atoms with Crippen molar-refractivity contribution >= 4 is 16.9 Å². The van der Waals surface area contributed by atoms with Gasteiger partial charge in [-0.1, -0.05) is 29.4 Å². The number of hydrogen-bond donors (Lipinski definition) is 1. The van der Waals surface area contributed by atoms with E-state index in [4.69, 9.17) is 10.3 Å². The highest BCUT2D eigenvalue weighted by Crippen LogP contribution is 2.33. The third-order valence-corrected chi connectivity index (χ3v) is 4.47. The van der Waals surface area contributed by atoms with Gasteiger partial charge in [0.25, 0.3) is 0 Å². The standard InChI is InChI=1S/C21H14N6O/c22-21-25-7-6-18(26-21)14-4-5-19-17(9-14)20(28-27-19)15-3-1-2-13(8-15)16-10-23-12-24-11-16/h1-12H,(H2,22,25,26). The van der Waals surface area contributed by atoms with Gasteiger partial charge in [0.1, 0.15) is 11.8 Å². The van der Waals surface area contributed by atoms with E-state index in [1.165, 1.54) is 6.33 Å². The van der Waals surface area contributed by atoms with E-state index in [1.807, 2.05) is 48.5 Å². The molecule has 0 aliphatic heterocycles. The van der Waals surface area contributed by atoms with E-state index in [2.05, 4.69) is 25.1 Å². The molecule has 0 spiro atoms. The summed E-state index contributed by atoms with van der Waals surface area (Å²) in [5.74, 6) is 0.929.